The van der Waals surface area contributed by atoms with Gasteiger partial charge in [-0.3, -0.25) is 4.79 Å². The number of esters is 1. The van der Waals surface area contributed by atoms with E-state index in [0.717, 1.165) is 0 Å². The number of rotatable bonds is 2. The molecule has 0 aliphatic carbocycles. The molecule has 0 aliphatic rings. The normalized spacial score (nSPS) is 10.9. The lowest BCUT2D eigenvalue weighted by atomic mass is 10.1. The Morgan fingerprint density at radius 1 is 0.947 bits per heavy atom. The fraction of sp³-hybridized carbons (Fsp3) is 0.188. The molecule has 19 heavy (non-hydrogen) atoms. The van der Waals surface area contributed by atoms with E-state index in [1.165, 1.54) is 18.2 Å². The Labute approximate surface area is 114 Å². The van der Waals surface area contributed by atoms with Crippen molar-refractivity contribution in [2.75, 3.05) is 7.11 Å². The molecule has 0 saturated carbocycles. The first-order chi connectivity index (χ1) is 9.15. The van der Waals surface area contributed by atoms with Crippen molar-refractivity contribution in [1.82, 2.24) is 0 Å². The number of carbonyl (C=O) groups is 1. The lowest BCUT2D eigenvalue weighted by molar-refractivity contribution is -0.141. The van der Waals surface area contributed by atoms with Crippen molar-refractivity contribution in [2.45, 2.75) is 13.0 Å². The van der Waals surface area contributed by atoms with Crippen LogP contribution < -0.4 is 5.73 Å². The Morgan fingerprint density at radius 3 is 1.53 bits per heavy atom. The number of nitrogens with two attached hydrogens (primary N) is 1. The molecule has 2 rings (SSSR count). The van der Waals surface area contributed by atoms with Crippen LogP contribution >= 0.6 is 0 Å². The van der Waals surface area contributed by atoms with Gasteiger partial charge in [0, 0.05) is 0 Å². The van der Waals surface area contributed by atoms with E-state index < -0.39 is 6.04 Å². The smallest absolute Gasteiger partial charge is 0.322 e. The summed E-state index contributed by atoms with van der Waals surface area (Å²) >= 11 is 0. The molecule has 0 saturated heterocycles. The fourth-order valence-electron chi connectivity index (χ4n) is 1.45. The van der Waals surface area contributed by atoms with Crippen molar-refractivity contribution in [3.05, 3.63) is 60.7 Å². The number of carbonyl (C=O) groups excluding carboxylic acids is 1. The maximum atomic E-state index is 10.2. The molecular weight excluding hydrogens is 238 g/mol. The number of ether oxygens (including phenoxy) is 1. The summed E-state index contributed by atoms with van der Waals surface area (Å²) in [5.74, 6) is -0.375. The first kappa shape index (κ1) is 14.9. The van der Waals surface area contributed by atoms with Crippen LogP contribution in [0, 0.1) is 0 Å². The van der Waals surface area contributed by atoms with Gasteiger partial charge in [0.05, 0.1) is 7.11 Å². The SMILES string of the molecule is COC(=O)C(C)N.c1ccc(-c2ccccc2)cc1. The van der Waals surface area contributed by atoms with Crippen molar-refractivity contribution in [2.24, 2.45) is 5.73 Å². The van der Waals surface area contributed by atoms with Crippen molar-refractivity contribution in [3.8, 4) is 11.1 Å². The van der Waals surface area contributed by atoms with E-state index in [1.807, 2.05) is 12.1 Å². The quantitative estimate of drug-likeness (QED) is 0.842. The molecule has 0 radical (unpaired) electrons. The minimum atomic E-state index is -0.495. The van der Waals surface area contributed by atoms with E-state index in [9.17, 15) is 4.79 Å². The van der Waals surface area contributed by atoms with Crippen LogP contribution in [0.5, 0.6) is 0 Å². The van der Waals surface area contributed by atoms with Crippen molar-refractivity contribution < 1.29 is 9.53 Å². The zero-order valence-corrected chi connectivity index (χ0v) is 11.2. The van der Waals surface area contributed by atoms with Gasteiger partial charge in [-0.25, -0.2) is 0 Å². The highest BCUT2D eigenvalue weighted by Gasteiger charge is 2.03. The lowest BCUT2D eigenvalue weighted by Crippen LogP contribution is -2.27. The standard InChI is InChI=1S/C12H10.C4H9NO2/c1-3-7-11(8-4-1)12-9-5-2-6-10-12;1-3(5)4(6)7-2/h1-10H;3H,5H2,1-2H3. The van der Waals surface area contributed by atoms with Gasteiger partial charge in [0.1, 0.15) is 6.04 Å². The first-order valence-electron chi connectivity index (χ1n) is 6.09. The minimum absolute atomic E-state index is 0.375. The van der Waals surface area contributed by atoms with Gasteiger partial charge in [-0.1, -0.05) is 60.7 Å². The maximum Gasteiger partial charge on any atom is 0.322 e. The summed E-state index contributed by atoms with van der Waals surface area (Å²) in [4.78, 5) is 10.2. The molecule has 2 aromatic rings. The summed E-state index contributed by atoms with van der Waals surface area (Å²) in [6.07, 6.45) is 0. The Morgan fingerprint density at radius 2 is 1.32 bits per heavy atom. The summed E-state index contributed by atoms with van der Waals surface area (Å²) in [7, 11) is 1.31. The van der Waals surface area contributed by atoms with E-state index in [-0.39, 0.29) is 5.97 Å². The van der Waals surface area contributed by atoms with E-state index in [1.54, 1.807) is 6.92 Å². The van der Waals surface area contributed by atoms with Crippen molar-refractivity contribution >= 4 is 5.97 Å². The van der Waals surface area contributed by atoms with Crippen LogP contribution in [-0.4, -0.2) is 19.1 Å². The van der Waals surface area contributed by atoms with Gasteiger partial charge in [0.2, 0.25) is 0 Å². The van der Waals surface area contributed by atoms with Gasteiger partial charge in [-0.2, -0.15) is 0 Å². The van der Waals surface area contributed by atoms with Gasteiger partial charge in [-0.15, -0.1) is 0 Å². The summed E-state index contributed by atoms with van der Waals surface area (Å²) in [6.45, 7) is 1.58. The topological polar surface area (TPSA) is 52.3 Å². The van der Waals surface area contributed by atoms with Crippen LogP contribution in [0.1, 0.15) is 6.92 Å². The predicted molar refractivity (Wildman–Crippen MR) is 77.5 cm³/mol. The molecule has 0 fully saturated rings. The Kier molecular flexibility index (Phi) is 6.33. The highest BCUT2D eigenvalue weighted by molar-refractivity contribution is 5.74. The highest BCUT2D eigenvalue weighted by atomic mass is 16.5. The molecule has 0 aromatic heterocycles. The summed E-state index contributed by atoms with van der Waals surface area (Å²) < 4.78 is 4.25. The summed E-state index contributed by atoms with van der Waals surface area (Å²) in [5, 5.41) is 0. The maximum absolute atomic E-state index is 10.2. The molecule has 0 amide bonds. The molecule has 2 aromatic carbocycles. The van der Waals surface area contributed by atoms with Crippen molar-refractivity contribution in [1.29, 1.82) is 0 Å². The third kappa shape index (κ3) is 5.36. The Hall–Kier alpha value is -2.13. The summed E-state index contributed by atoms with van der Waals surface area (Å²) in [6, 6.07) is 20.3. The van der Waals surface area contributed by atoms with Gasteiger partial charge in [-0.05, 0) is 18.1 Å². The van der Waals surface area contributed by atoms with Crippen LogP contribution in [0.15, 0.2) is 60.7 Å². The number of hydrogen-bond acceptors (Lipinski definition) is 3. The van der Waals surface area contributed by atoms with E-state index in [2.05, 4.69) is 53.3 Å². The molecule has 2 N–H and O–H groups in total. The second-order valence-electron chi connectivity index (χ2n) is 4.04. The van der Waals surface area contributed by atoms with Crippen molar-refractivity contribution in [3.63, 3.8) is 0 Å². The Balaban J connectivity index is 0.000000224. The molecule has 0 bridgehead atoms. The second-order valence-corrected chi connectivity index (χ2v) is 4.04. The van der Waals surface area contributed by atoms with Gasteiger partial charge in [0.15, 0.2) is 0 Å². The lowest BCUT2D eigenvalue weighted by Gasteiger charge is -1.98. The first-order valence-corrected chi connectivity index (χ1v) is 6.09. The second kappa shape index (κ2) is 8.06. The van der Waals surface area contributed by atoms with Crippen LogP contribution in [-0.2, 0) is 9.53 Å². The molecule has 0 spiro atoms. The zero-order valence-electron chi connectivity index (χ0n) is 11.2. The molecule has 0 aliphatic heterocycles. The predicted octanol–water partition coefficient (Wildman–Crippen LogP) is 2.86. The minimum Gasteiger partial charge on any atom is -0.468 e. The highest BCUT2D eigenvalue weighted by Crippen LogP contribution is 2.17. The molecule has 3 heteroatoms. The average molecular weight is 257 g/mol. The van der Waals surface area contributed by atoms with E-state index in [0.29, 0.717) is 0 Å². The number of benzene rings is 2. The van der Waals surface area contributed by atoms with E-state index >= 15 is 0 Å². The van der Waals surface area contributed by atoms with Crippen LogP contribution in [0.2, 0.25) is 0 Å². The largest absolute Gasteiger partial charge is 0.468 e. The molecule has 1 unspecified atom stereocenters. The molecule has 0 heterocycles. The monoisotopic (exact) mass is 257 g/mol. The van der Waals surface area contributed by atoms with Gasteiger partial charge < -0.3 is 10.5 Å². The average Bonchev–Trinajstić information content (AvgIpc) is 2.49. The fourth-order valence-corrected chi connectivity index (χ4v) is 1.45. The number of methoxy groups -OCH3 is 1. The third-order valence-corrected chi connectivity index (χ3v) is 2.45. The van der Waals surface area contributed by atoms with Gasteiger partial charge >= 0.3 is 5.97 Å². The molecule has 3 nitrogen and oxygen atoms in total. The number of hydrogen-bond donors (Lipinski definition) is 1. The van der Waals surface area contributed by atoms with Crippen LogP contribution in [0.3, 0.4) is 0 Å². The van der Waals surface area contributed by atoms with Gasteiger partial charge in [0.25, 0.3) is 0 Å². The Bertz CT molecular complexity index is 443. The molecular formula is C16H19NO2. The summed E-state index contributed by atoms with van der Waals surface area (Å²) in [5.41, 5.74) is 7.62. The van der Waals surface area contributed by atoms with E-state index in [4.69, 9.17) is 5.73 Å². The molecule has 1 atom stereocenters. The zero-order chi connectivity index (χ0) is 14.1. The van der Waals surface area contributed by atoms with Crippen LogP contribution in [0.4, 0.5) is 0 Å². The van der Waals surface area contributed by atoms with Crippen LogP contribution in [0.25, 0.3) is 11.1 Å². The molecule has 100 valence electrons. The third-order valence-electron chi connectivity index (χ3n) is 2.45.